The Morgan fingerprint density at radius 3 is 2.23 bits per heavy atom. The zero-order chi connectivity index (χ0) is 17.9. The molecule has 4 nitrogen and oxygen atoms in total. The van der Waals surface area contributed by atoms with Crippen LogP contribution in [0.25, 0.3) is 22.6 Å². The third kappa shape index (κ3) is 3.60. The van der Waals surface area contributed by atoms with Gasteiger partial charge in [-0.2, -0.15) is 0 Å². The fourth-order valence-corrected chi connectivity index (χ4v) is 3.19. The molecule has 1 fully saturated rings. The van der Waals surface area contributed by atoms with Crippen molar-refractivity contribution in [2.45, 2.75) is 12.8 Å². The van der Waals surface area contributed by atoms with Crippen LogP contribution in [0.5, 0.6) is 0 Å². The number of hydrogen-bond donors (Lipinski definition) is 0. The van der Waals surface area contributed by atoms with Gasteiger partial charge in [0.25, 0.3) is 0 Å². The summed E-state index contributed by atoms with van der Waals surface area (Å²) in [4.78, 5) is 23.3. The second-order valence-corrected chi connectivity index (χ2v) is 6.77. The van der Waals surface area contributed by atoms with Crippen molar-refractivity contribution in [1.29, 1.82) is 0 Å². The SMILES string of the molecule is O=C1CCN(c2cc(-c3ccccc3)nc(-c3ccc(Cl)cc3)n2)CC1. The highest BCUT2D eigenvalue weighted by molar-refractivity contribution is 6.30. The molecule has 130 valence electrons. The highest BCUT2D eigenvalue weighted by atomic mass is 35.5. The maximum atomic E-state index is 11.6. The van der Waals surface area contributed by atoms with E-state index in [1.165, 1.54) is 0 Å². The van der Waals surface area contributed by atoms with Crippen molar-refractivity contribution in [3.63, 3.8) is 0 Å². The van der Waals surface area contributed by atoms with E-state index in [2.05, 4.69) is 4.90 Å². The molecule has 0 amide bonds. The van der Waals surface area contributed by atoms with Gasteiger partial charge < -0.3 is 4.90 Å². The Hall–Kier alpha value is -2.72. The molecular formula is C21H18ClN3O. The van der Waals surface area contributed by atoms with Crippen molar-refractivity contribution in [3.8, 4) is 22.6 Å². The molecular weight excluding hydrogens is 346 g/mol. The number of ketones is 1. The lowest BCUT2D eigenvalue weighted by Gasteiger charge is -2.27. The first-order chi connectivity index (χ1) is 12.7. The topological polar surface area (TPSA) is 46.1 Å². The standard InChI is InChI=1S/C21H18ClN3O/c22-17-8-6-16(7-9-17)21-23-19(15-4-2-1-3-5-15)14-20(24-21)25-12-10-18(26)11-13-25/h1-9,14H,10-13H2. The van der Waals surface area contributed by atoms with Crippen LogP contribution in [0.3, 0.4) is 0 Å². The smallest absolute Gasteiger partial charge is 0.162 e. The van der Waals surface area contributed by atoms with Gasteiger partial charge in [-0.05, 0) is 24.3 Å². The molecule has 0 N–H and O–H groups in total. The summed E-state index contributed by atoms with van der Waals surface area (Å²) in [6.07, 6.45) is 1.14. The summed E-state index contributed by atoms with van der Waals surface area (Å²) in [5.74, 6) is 1.84. The van der Waals surface area contributed by atoms with Gasteiger partial charge in [0, 0.05) is 48.1 Å². The number of carbonyl (C=O) groups excluding carboxylic acids is 1. The lowest BCUT2D eigenvalue weighted by molar-refractivity contribution is -0.119. The Morgan fingerprint density at radius 1 is 0.846 bits per heavy atom. The summed E-state index contributed by atoms with van der Waals surface area (Å²) >= 11 is 6.01. The number of anilines is 1. The number of hydrogen-bond acceptors (Lipinski definition) is 4. The van der Waals surface area contributed by atoms with Crippen molar-refractivity contribution < 1.29 is 4.79 Å². The van der Waals surface area contributed by atoms with Crippen LogP contribution in [0.15, 0.2) is 60.7 Å². The van der Waals surface area contributed by atoms with Crippen LogP contribution in [-0.2, 0) is 4.79 Å². The number of piperidine rings is 1. The summed E-state index contributed by atoms with van der Waals surface area (Å²) in [5, 5.41) is 0.683. The van der Waals surface area contributed by atoms with E-state index in [-0.39, 0.29) is 0 Å². The quantitative estimate of drug-likeness (QED) is 0.680. The number of halogens is 1. The van der Waals surface area contributed by atoms with E-state index in [1.807, 2.05) is 60.7 Å². The lowest BCUT2D eigenvalue weighted by atomic mass is 10.1. The van der Waals surface area contributed by atoms with Crippen LogP contribution in [0.4, 0.5) is 5.82 Å². The predicted molar refractivity (Wildman–Crippen MR) is 104 cm³/mol. The molecule has 0 radical (unpaired) electrons. The van der Waals surface area contributed by atoms with E-state index in [1.54, 1.807) is 0 Å². The molecule has 0 aliphatic carbocycles. The number of rotatable bonds is 3. The highest BCUT2D eigenvalue weighted by Crippen LogP contribution is 2.27. The zero-order valence-electron chi connectivity index (χ0n) is 14.2. The van der Waals surface area contributed by atoms with Gasteiger partial charge in [-0.15, -0.1) is 0 Å². The molecule has 0 atom stereocenters. The molecule has 0 spiro atoms. The average Bonchev–Trinajstić information content (AvgIpc) is 2.69. The third-order valence-corrected chi connectivity index (χ3v) is 4.78. The molecule has 1 aliphatic rings. The Labute approximate surface area is 157 Å². The first kappa shape index (κ1) is 16.7. The van der Waals surface area contributed by atoms with Crippen molar-refractivity contribution in [1.82, 2.24) is 9.97 Å². The van der Waals surface area contributed by atoms with Gasteiger partial charge in [-0.1, -0.05) is 41.9 Å². The van der Waals surface area contributed by atoms with Crippen LogP contribution in [0.2, 0.25) is 5.02 Å². The largest absolute Gasteiger partial charge is 0.356 e. The van der Waals surface area contributed by atoms with E-state index < -0.39 is 0 Å². The third-order valence-electron chi connectivity index (χ3n) is 4.53. The zero-order valence-corrected chi connectivity index (χ0v) is 15.0. The molecule has 0 unspecified atom stereocenters. The van der Waals surface area contributed by atoms with E-state index in [0.29, 0.717) is 42.6 Å². The van der Waals surface area contributed by atoms with Gasteiger partial charge in [-0.3, -0.25) is 4.79 Å². The summed E-state index contributed by atoms with van der Waals surface area (Å²) in [6, 6.07) is 19.6. The fourth-order valence-electron chi connectivity index (χ4n) is 3.07. The highest BCUT2D eigenvalue weighted by Gasteiger charge is 2.19. The molecule has 4 rings (SSSR count). The summed E-state index contributed by atoms with van der Waals surface area (Å²) in [7, 11) is 0. The van der Waals surface area contributed by atoms with Gasteiger partial charge in [0.05, 0.1) is 5.69 Å². The molecule has 1 aliphatic heterocycles. The number of carbonyl (C=O) groups is 1. The second-order valence-electron chi connectivity index (χ2n) is 6.33. The number of benzene rings is 2. The molecule has 26 heavy (non-hydrogen) atoms. The maximum Gasteiger partial charge on any atom is 0.162 e. The minimum Gasteiger partial charge on any atom is -0.356 e. The summed E-state index contributed by atoms with van der Waals surface area (Å²) in [5.41, 5.74) is 2.83. The Morgan fingerprint density at radius 2 is 1.54 bits per heavy atom. The van der Waals surface area contributed by atoms with E-state index in [4.69, 9.17) is 21.6 Å². The minimum atomic E-state index is 0.316. The van der Waals surface area contributed by atoms with Crippen molar-refractivity contribution in [3.05, 3.63) is 65.7 Å². The number of aromatic nitrogens is 2. The van der Waals surface area contributed by atoms with Gasteiger partial charge in [0.1, 0.15) is 11.6 Å². The van der Waals surface area contributed by atoms with Crippen LogP contribution in [0, 0.1) is 0 Å². The van der Waals surface area contributed by atoms with Crippen LogP contribution < -0.4 is 4.90 Å². The number of Topliss-reactive ketones (excluding diaryl/α,β-unsaturated/α-hetero) is 1. The van der Waals surface area contributed by atoms with Gasteiger partial charge >= 0.3 is 0 Å². The Balaban J connectivity index is 1.79. The summed E-state index contributed by atoms with van der Waals surface area (Å²) < 4.78 is 0. The first-order valence-corrected chi connectivity index (χ1v) is 9.04. The van der Waals surface area contributed by atoms with Crippen molar-refractivity contribution in [2.75, 3.05) is 18.0 Å². The predicted octanol–water partition coefficient (Wildman–Crippen LogP) is 4.63. The van der Waals surface area contributed by atoms with E-state index in [0.717, 1.165) is 22.6 Å². The number of nitrogens with zero attached hydrogens (tertiary/aromatic N) is 3. The Bertz CT molecular complexity index is 916. The molecule has 1 aromatic heterocycles. The molecule has 2 aromatic carbocycles. The fraction of sp³-hybridized carbons (Fsp3) is 0.190. The maximum absolute atomic E-state index is 11.6. The molecule has 5 heteroatoms. The van der Waals surface area contributed by atoms with Gasteiger partial charge in [-0.25, -0.2) is 9.97 Å². The molecule has 2 heterocycles. The van der Waals surface area contributed by atoms with Crippen molar-refractivity contribution >= 4 is 23.2 Å². The van der Waals surface area contributed by atoms with E-state index in [9.17, 15) is 4.79 Å². The second kappa shape index (κ2) is 7.26. The van der Waals surface area contributed by atoms with Crippen LogP contribution in [0.1, 0.15) is 12.8 Å². The lowest BCUT2D eigenvalue weighted by Crippen LogP contribution is -2.34. The van der Waals surface area contributed by atoms with Gasteiger partial charge in [0.2, 0.25) is 0 Å². The molecule has 0 bridgehead atoms. The monoisotopic (exact) mass is 363 g/mol. The van der Waals surface area contributed by atoms with Crippen molar-refractivity contribution in [2.24, 2.45) is 0 Å². The van der Waals surface area contributed by atoms with Crippen LogP contribution >= 0.6 is 11.6 Å². The van der Waals surface area contributed by atoms with E-state index >= 15 is 0 Å². The average molecular weight is 364 g/mol. The van der Waals surface area contributed by atoms with Crippen LogP contribution in [-0.4, -0.2) is 28.8 Å². The summed E-state index contributed by atoms with van der Waals surface area (Å²) in [6.45, 7) is 1.40. The van der Waals surface area contributed by atoms with Gasteiger partial charge in [0.15, 0.2) is 5.82 Å². The first-order valence-electron chi connectivity index (χ1n) is 8.66. The molecule has 0 saturated carbocycles. The minimum absolute atomic E-state index is 0.316. The molecule has 1 saturated heterocycles. The normalized spacial score (nSPS) is 14.5. The molecule has 3 aromatic rings. The Kier molecular flexibility index (Phi) is 4.67.